The number of aryl methyl sites for hydroxylation is 1. The summed E-state index contributed by atoms with van der Waals surface area (Å²) in [6, 6.07) is 0. The molecule has 1 aromatic rings. The molecular formula is C9H16N4O. The topological polar surface area (TPSA) is 62.8 Å². The molecule has 0 amide bonds. The number of piperidine rings is 1. The van der Waals surface area contributed by atoms with Gasteiger partial charge < -0.3 is 10.1 Å². The molecule has 1 saturated heterocycles. The SMILES string of the molecule is Cc1nc(COC2CCCNC2)n[nH]1. The molecule has 0 aromatic carbocycles. The van der Waals surface area contributed by atoms with Crippen molar-refractivity contribution < 1.29 is 4.74 Å². The predicted octanol–water partition coefficient (Wildman–Crippen LogP) is 0.382. The van der Waals surface area contributed by atoms with E-state index in [-0.39, 0.29) is 0 Å². The van der Waals surface area contributed by atoms with E-state index < -0.39 is 0 Å². The first kappa shape index (κ1) is 9.61. The third kappa shape index (κ3) is 2.52. The van der Waals surface area contributed by atoms with Gasteiger partial charge in [-0.1, -0.05) is 0 Å². The Balaban J connectivity index is 1.76. The van der Waals surface area contributed by atoms with Crippen LogP contribution in [0.25, 0.3) is 0 Å². The van der Waals surface area contributed by atoms with Crippen LogP contribution in [0.15, 0.2) is 0 Å². The van der Waals surface area contributed by atoms with Crippen LogP contribution in [0.2, 0.25) is 0 Å². The maximum Gasteiger partial charge on any atom is 0.176 e. The summed E-state index contributed by atoms with van der Waals surface area (Å²) in [7, 11) is 0. The molecule has 1 unspecified atom stereocenters. The van der Waals surface area contributed by atoms with Crippen molar-refractivity contribution in [2.24, 2.45) is 0 Å². The van der Waals surface area contributed by atoms with Gasteiger partial charge in [0.05, 0.1) is 6.10 Å². The number of H-pyrrole nitrogens is 1. The number of aromatic nitrogens is 3. The van der Waals surface area contributed by atoms with Gasteiger partial charge >= 0.3 is 0 Å². The van der Waals surface area contributed by atoms with Gasteiger partial charge in [-0.15, -0.1) is 0 Å². The molecule has 1 atom stereocenters. The van der Waals surface area contributed by atoms with Gasteiger partial charge in [0.15, 0.2) is 5.82 Å². The Hall–Kier alpha value is -0.940. The van der Waals surface area contributed by atoms with E-state index in [0.29, 0.717) is 12.7 Å². The van der Waals surface area contributed by atoms with Crippen LogP contribution in [-0.2, 0) is 11.3 Å². The third-order valence-electron chi connectivity index (χ3n) is 2.34. The first-order valence-corrected chi connectivity index (χ1v) is 5.05. The Morgan fingerprint density at radius 2 is 2.50 bits per heavy atom. The lowest BCUT2D eigenvalue weighted by atomic mass is 10.1. The minimum Gasteiger partial charge on any atom is -0.369 e. The van der Waals surface area contributed by atoms with Crippen LogP contribution < -0.4 is 5.32 Å². The number of ether oxygens (including phenoxy) is 1. The van der Waals surface area contributed by atoms with E-state index in [0.717, 1.165) is 31.2 Å². The fourth-order valence-electron chi connectivity index (χ4n) is 1.61. The van der Waals surface area contributed by atoms with Crippen molar-refractivity contribution >= 4 is 0 Å². The Morgan fingerprint density at radius 3 is 3.14 bits per heavy atom. The van der Waals surface area contributed by atoms with Gasteiger partial charge in [-0.2, -0.15) is 5.10 Å². The average Bonchev–Trinajstić information content (AvgIpc) is 2.63. The Bertz CT molecular complexity index is 280. The molecule has 0 spiro atoms. The predicted molar refractivity (Wildman–Crippen MR) is 51.8 cm³/mol. The highest BCUT2D eigenvalue weighted by atomic mass is 16.5. The smallest absolute Gasteiger partial charge is 0.176 e. The average molecular weight is 196 g/mol. The first-order chi connectivity index (χ1) is 6.84. The second-order valence-corrected chi connectivity index (χ2v) is 3.62. The van der Waals surface area contributed by atoms with Crippen molar-refractivity contribution in [1.29, 1.82) is 0 Å². The Labute approximate surface area is 83.3 Å². The molecule has 1 fully saturated rings. The molecule has 0 bridgehead atoms. The highest BCUT2D eigenvalue weighted by Crippen LogP contribution is 2.07. The summed E-state index contributed by atoms with van der Waals surface area (Å²) < 4.78 is 5.67. The summed E-state index contributed by atoms with van der Waals surface area (Å²) in [5, 5.41) is 10.1. The van der Waals surface area contributed by atoms with Crippen LogP contribution in [0.1, 0.15) is 24.5 Å². The highest BCUT2D eigenvalue weighted by Gasteiger charge is 2.13. The molecule has 2 N–H and O–H groups in total. The second-order valence-electron chi connectivity index (χ2n) is 3.62. The van der Waals surface area contributed by atoms with Crippen LogP contribution in [0.5, 0.6) is 0 Å². The summed E-state index contributed by atoms with van der Waals surface area (Å²) in [6.07, 6.45) is 2.65. The van der Waals surface area contributed by atoms with Crippen molar-refractivity contribution in [3.05, 3.63) is 11.6 Å². The fraction of sp³-hybridized carbons (Fsp3) is 0.778. The number of hydrogen-bond acceptors (Lipinski definition) is 4. The molecule has 5 heteroatoms. The molecule has 5 nitrogen and oxygen atoms in total. The Morgan fingerprint density at radius 1 is 1.57 bits per heavy atom. The molecule has 1 aliphatic heterocycles. The van der Waals surface area contributed by atoms with Crippen molar-refractivity contribution in [1.82, 2.24) is 20.5 Å². The number of nitrogens with zero attached hydrogens (tertiary/aromatic N) is 2. The molecular weight excluding hydrogens is 180 g/mol. The zero-order valence-corrected chi connectivity index (χ0v) is 8.42. The molecule has 0 radical (unpaired) electrons. The molecule has 0 aliphatic carbocycles. The second kappa shape index (κ2) is 4.52. The lowest BCUT2D eigenvalue weighted by Gasteiger charge is -2.22. The number of nitrogens with one attached hydrogen (secondary N) is 2. The van der Waals surface area contributed by atoms with Gasteiger partial charge in [-0.05, 0) is 26.3 Å². The summed E-state index contributed by atoms with van der Waals surface area (Å²) in [4.78, 5) is 4.18. The van der Waals surface area contributed by atoms with Crippen molar-refractivity contribution in [3.8, 4) is 0 Å². The molecule has 78 valence electrons. The molecule has 2 heterocycles. The molecule has 1 aliphatic rings. The lowest BCUT2D eigenvalue weighted by Crippen LogP contribution is -2.35. The van der Waals surface area contributed by atoms with Gasteiger partial charge in [-0.3, -0.25) is 5.10 Å². The first-order valence-electron chi connectivity index (χ1n) is 5.05. The maximum atomic E-state index is 5.67. The summed E-state index contributed by atoms with van der Waals surface area (Å²) in [6.45, 7) is 4.46. The number of rotatable bonds is 3. The minimum absolute atomic E-state index is 0.322. The van der Waals surface area contributed by atoms with Crippen LogP contribution in [0.3, 0.4) is 0 Å². The quantitative estimate of drug-likeness (QED) is 0.733. The summed E-state index contributed by atoms with van der Waals surface area (Å²) in [5.74, 6) is 1.58. The highest BCUT2D eigenvalue weighted by molar-refractivity contribution is 4.85. The molecule has 1 aromatic heterocycles. The van der Waals surface area contributed by atoms with Gasteiger partial charge in [0.25, 0.3) is 0 Å². The summed E-state index contributed by atoms with van der Waals surface area (Å²) in [5.41, 5.74) is 0. The number of aromatic amines is 1. The largest absolute Gasteiger partial charge is 0.369 e. The van der Waals surface area contributed by atoms with E-state index in [2.05, 4.69) is 20.5 Å². The van der Waals surface area contributed by atoms with Gasteiger partial charge in [0.2, 0.25) is 0 Å². The van der Waals surface area contributed by atoms with E-state index in [9.17, 15) is 0 Å². The van der Waals surface area contributed by atoms with Gasteiger partial charge in [0.1, 0.15) is 12.4 Å². The molecule has 0 saturated carbocycles. The van der Waals surface area contributed by atoms with E-state index in [1.807, 2.05) is 6.92 Å². The van der Waals surface area contributed by atoms with Crippen LogP contribution in [-0.4, -0.2) is 34.4 Å². The summed E-state index contributed by atoms with van der Waals surface area (Å²) >= 11 is 0. The lowest BCUT2D eigenvalue weighted by molar-refractivity contribution is 0.0219. The van der Waals surface area contributed by atoms with Gasteiger partial charge in [0, 0.05) is 6.54 Å². The molecule has 14 heavy (non-hydrogen) atoms. The van der Waals surface area contributed by atoms with Crippen molar-refractivity contribution in [2.75, 3.05) is 13.1 Å². The van der Waals surface area contributed by atoms with E-state index in [1.165, 1.54) is 6.42 Å². The minimum atomic E-state index is 0.322. The van der Waals surface area contributed by atoms with E-state index in [4.69, 9.17) is 4.74 Å². The van der Waals surface area contributed by atoms with Crippen LogP contribution in [0.4, 0.5) is 0 Å². The van der Waals surface area contributed by atoms with Crippen LogP contribution >= 0.6 is 0 Å². The standard InChI is InChI=1S/C9H16N4O/c1-7-11-9(13-12-7)6-14-8-3-2-4-10-5-8/h8,10H,2-6H2,1H3,(H,11,12,13). The third-order valence-corrected chi connectivity index (χ3v) is 2.34. The van der Waals surface area contributed by atoms with Crippen LogP contribution in [0, 0.1) is 6.92 Å². The van der Waals surface area contributed by atoms with E-state index in [1.54, 1.807) is 0 Å². The maximum absolute atomic E-state index is 5.67. The Kier molecular flexibility index (Phi) is 3.10. The zero-order valence-electron chi connectivity index (χ0n) is 8.42. The molecule has 2 rings (SSSR count). The van der Waals surface area contributed by atoms with Gasteiger partial charge in [-0.25, -0.2) is 4.98 Å². The number of hydrogen-bond donors (Lipinski definition) is 2. The monoisotopic (exact) mass is 196 g/mol. The fourth-order valence-corrected chi connectivity index (χ4v) is 1.61. The van der Waals surface area contributed by atoms with Crippen molar-refractivity contribution in [2.45, 2.75) is 32.5 Å². The van der Waals surface area contributed by atoms with E-state index >= 15 is 0 Å². The zero-order chi connectivity index (χ0) is 9.80. The normalized spacial score (nSPS) is 22.5. The van der Waals surface area contributed by atoms with Crippen molar-refractivity contribution in [3.63, 3.8) is 0 Å².